The summed E-state index contributed by atoms with van der Waals surface area (Å²) in [6, 6.07) is 7.62. The molecule has 0 radical (unpaired) electrons. The maximum atomic E-state index is 11.1. The fourth-order valence-electron chi connectivity index (χ4n) is 1.55. The molecule has 1 aromatic rings. The van der Waals surface area contributed by atoms with Crippen LogP contribution in [0.5, 0.6) is 0 Å². The summed E-state index contributed by atoms with van der Waals surface area (Å²) in [6.45, 7) is 4.80. The minimum absolute atomic E-state index is 0.364. The highest BCUT2D eigenvalue weighted by Gasteiger charge is 2.04. The van der Waals surface area contributed by atoms with Crippen molar-refractivity contribution >= 4 is 11.9 Å². The van der Waals surface area contributed by atoms with Gasteiger partial charge >= 0.3 is 0 Å². The van der Waals surface area contributed by atoms with E-state index in [1.54, 1.807) is 19.2 Å². The van der Waals surface area contributed by atoms with Crippen LogP contribution < -0.4 is 16.4 Å². The largest absolute Gasteiger partial charge is 0.366 e. The topological polar surface area (TPSA) is 79.5 Å². The van der Waals surface area contributed by atoms with Crippen molar-refractivity contribution in [1.82, 2.24) is 10.6 Å². The molecule has 5 heteroatoms. The molecule has 4 N–H and O–H groups in total. The molecule has 1 atom stereocenters. The van der Waals surface area contributed by atoms with Crippen LogP contribution >= 0.6 is 0 Å². The van der Waals surface area contributed by atoms with Crippen LogP contribution in [0.2, 0.25) is 0 Å². The van der Waals surface area contributed by atoms with Gasteiger partial charge in [-0.25, -0.2) is 0 Å². The number of hydrogen-bond donors (Lipinski definition) is 3. The van der Waals surface area contributed by atoms with Gasteiger partial charge in [0, 0.05) is 25.2 Å². The number of carbonyl (C=O) groups excluding carboxylic acids is 1. The van der Waals surface area contributed by atoms with Crippen LogP contribution in [0.1, 0.15) is 36.2 Å². The van der Waals surface area contributed by atoms with E-state index in [-0.39, 0.29) is 0 Å². The number of aliphatic imine (C=N–C) groups is 1. The van der Waals surface area contributed by atoms with E-state index in [9.17, 15) is 4.79 Å². The van der Waals surface area contributed by atoms with E-state index in [1.807, 2.05) is 12.1 Å². The van der Waals surface area contributed by atoms with Gasteiger partial charge in [-0.05, 0) is 31.0 Å². The molecular formula is C14H22N4O. The maximum Gasteiger partial charge on any atom is 0.248 e. The average Bonchev–Trinajstić information content (AvgIpc) is 2.43. The Morgan fingerprint density at radius 2 is 2.21 bits per heavy atom. The second-order valence-electron chi connectivity index (χ2n) is 4.44. The Kier molecular flexibility index (Phi) is 5.85. The minimum atomic E-state index is -0.413. The van der Waals surface area contributed by atoms with Gasteiger partial charge in [-0.15, -0.1) is 0 Å². The summed E-state index contributed by atoms with van der Waals surface area (Å²) >= 11 is 0. The molecule has 0 spiro atoms. The lowest BCUT2D eigenvalue weighted by atomic mass is 10.1. The number of primary amides is 1. The van der Waals surface area contributed by atoms with Crippen molar-refractivity contribution in [2.24, 2.45) is 10.7 Å². The van der Waals surface area contributed by atoms with E-state index in [4.69, 9.17) is 5.73 Å². The number of guanidine groups is 1. The first-order chi connectivity index (χ1) is 9.06. The van der Waals surface area contributed by atoms with Crippen LogP contribution in [0.4, 0.5) is 0 Å². The quantitative estimate of drug-likeness (QED) is 0.552. The molecule has 0 aliphatic heterocycles. The molecule has 1 aromatic carbocycles. The Hall–Kier alpha value is -2.04. The van der Waals surface area contributed by atoms with Gasteiger partial charge < -0.3 is 16.4 Å². The van der Waals surface area contributed by atoms with E-state index in [0.29, 0.717) is 18.2 Å². The number of benzene rings is 1. The summed E-state index contributed by atoms with van der Waals surface area (Å²) in [5.41, 5.74) is 6.76. The number of rotatable bonds is 5. The normalized spacial score (nSPS) is 12.9. The van der Waals surface area contributed by atoms with Gasteiger partial charge in [0.25, 0.3) is 0 Å². The number of nitrogens with one attached hydrogen (secondary N) is 2. The Balaban J connectivity index is 2.60. The van der Waals surface area contributed by atoms with Crippen LogP contribution in [0.3, 0.4) is 0 Å². The molecule has 0 fully saturated rings. The molecule has 0 heterocycles. The predicted octanol–water partition coefficient (Wildman–Crippen LogP) is 1.25. The number of nitrogens with zero attached hydrogens (tertiary/aromatic N) is 1. The molecule has 0 aliphatic carbocycles. The molecule has 1 amide bonds. The third-order valence-electron chi connectivity index (χ3n) is 2.89. The second kappa shape index (κ2) is 7.41. The Morgan fingerprint density at radius 1 is 1.47 bits per heavy atom. The molecular weight excluding hydrogens is 240 g/mol. The molecule has 0 aliphatic rings. The first-order valence-corrected chi connectivity index (χ1v) is 6.42. The lowest BCUT2D eigenvalue weighted by Gasteiger charge is -2.16. The molecule has 0 bridgehead atoms. The van der Waals surface area contributed by atoms with Gasteiger partial charge in [0.05, 0.1) is 0 Å². The Bertz CT molecular complexity index is 457. The lowest BCUT2D eigenvalue weighted by molar-refractivity contribution is 0.1000. The highest BCUT2D eigenvalue weighted by molar-refractivity contribution is 5.92. The summed E-state index contributed by atoms with van der Waals surface area (Å²) in [7, 11) is 1.73. The second-order valence-corrected chi connectivity index (χ2v) is 4.44. The number of amides is 1. The van der Waals surface area contributed by atoms with Crippen molar-refractivity contribution in [3.05, 3.63) is 35.4 Å². The predicted molar refractivity (Wildman–Crippen MR) is 78.0 cm³/mol. The highest BCUT2D eigenvalue weighted by Crippen LogP contribution is 2.04. The zero-order chi connectivity index (χ0) is 14.3. The smallest absolute Gasteiger partial charge is 0.248 e. The Morgan fingerprint density at radius 3 is 2.79 bits per heavy atom. The third-order valence-corrected chi connectivity index (χ3v) is 2.89. The summed E-state index contributed by atoms with van der Waals surface area (Å²) in [5.74, 6) is 0.336. The van der Waals surface area contributed by atoms with Gasteiger partial charge in [-0.3, -0.25) is 9.79 Å². The standard InChI is InChI=1S/C14H22N4O/c1-4-10(2)18-14(16-3)17-9-11-6-5-7-12(8-11)13(15)19/h5-8,10H,4,9H2,1-3H3,(H2,15,19)(H2,16,17,18). The Labute approximate surface area is 114 Å². The molecule has 1 unspecified atom stereocenters. The molecule has 0 saturated carbocycles. The fourth-order valence-corrected chi connectivity index (χ4v) is 1.55. The van der Waals surface area contributed by atoms with Crippen molar-refractivity contribution < 1.29 is 4.79 Å². The molecule has 5 nitrogen and oxygen atoms in total. The molecule has 0 saturated heterocycles. The van der Waals surface area contributed by atoms with Gasteiger partial charge in [-0.2, -0.15) is 0 Å². The summed E-state index contributed by atoms with van der Waals surface area (Å²) < 4.78 is 0. The fraction of sp³-hybridized carbons (Fsp3) is 0.429. The minimum Gasteiger partial charge on any atom is -0.366 e. The lowest BCUT2D eigenvalue weighted by Crippen LogP contribution is -2.41. The van der Waals surface area contributed by atoms with Crippen molar-refractivity contribution in [3.8, 4) is 0 Å². The molecule has 0 aromatic heterocycles. The first kappa shape index (κ1) is 15.0. The number of hydrogen-bond acceptors (Lipinski definition) is 2. The summed E-state index contributed by atoms with van der Waals surface area (Å²) in [4.78, 5) is 15.2. The van der Waals surface area contributed by atoms with E-state index in [1.165, 1.54) is 0 Å². The van der Waals surface area contributed by atoms with E-state index in [0.717, 1.165) is 17.9 Å². The van der Waals surface area contributed by atoms with Gasteiger partial charge in [0.2, 0.25) is 5.91 Å². The van der Waals surface area contributed by atoms with Crippen molar-refractivity contribution in [2.45, 2.75) is 32.9 Å². The highest BCUT2D eigenvalue weighted by atomic mass is 16.1. The SMILES string of the molecule is CCC(C)NC(=NC)NCc1cccc(C(N)=O)c1. The zero-order valence-electron chi connectivity index (χ0n) is 11.7. The van der Waals surface area contributed by atoms with E-state index in [2.05, 4.69) is 29.5 Å². The number of carbonyl (C=O) groups is 1. The molecule has 19 heavy (non-hydrogen) atoms. The summed E-state index contributed by atoms with van der Waals surface area (Å²) in [5, 5.41) is 6.48. The summed E-state index contributed by atoms with van der Waals surface area (Å²) in [6.07, 6.45) is 1.03. The van der Waals surface area contributed by atoms with Crippen molar-refractivity contribution in [1.29, 1.82) is 0 Å². The van der Waals surface area contributed by atoms with Gasteiger partial charge in [0.1, 0.15) is 0 Å². The van der Waals surface area contributed by atoms with E-state index < -0.39 is 5.91 Å². The molecule has 104 valence electrons. The zero-order valence-corrected chi connectivity index (χ0v) is 11.7. The number of nitrogens with two attached hydrogens (primary N) is 1. The van der Waals surface area contributed by atoms with Crippen LogP contribution in [-0.4, -0.2) is 25.0 Å². The first-order valence-electron chi connectivity index (χ1n) is 6.42. The van der Waals surface area contributed by atoms with Crippen LogP contribution in [-0.2, 0) is 6.54 Å². The van der Waals surface area contributed by atoms with Gasteiger partial charge in [-0.1, -0.05) is 19.1 Å². The maximum absolute atomic E-state index is 11.1. The third kappa shape index (κ3) is 4.99. The monoisotopic (exact) mass is 262 g/mol. The van der Waals surface area contributed by atoms with Crippen molar-refractivity contribution in [3.63, 3.8) is 0 Å². The van der Waals surface area contributed by atoms with Crippen LogP contribution in [0.15, 0.2) is 29.3 Å². The average molecular weight is 262 g/mol. The van der Waals surface area contributed by atoms with Crippen LogP contribution in [0, 0.1) is 0 Å². The molecule has 1 rings (SSSR count). The van der Waals surface area contributed by atoms with E-state index >= 15 is 0 Å². The van der Waals surface area contributed by atoms with Crippen LogP contribution in [0.25, 0.3) is 0 Å². The van der Waals surface area contributed by atoms with Crippen molar-refractivity contribution in [2.75, 3.05) is 7.05 Å². The van der Waals surface area contributed by atoms with Gasteiger partial charge in [0.15, 0.2) is 5.96 Å².